The summed E-state index contributed by atoms with van der Waals surface area (Å²) in [5.41, 5.74) is 2.56. The van der Waals surface area contributed by atoms with Crippen LogP contribution < -0.4 is 69.8 Å². The van der Waals surface area contributed by atoms with Crippen molar-refractivity contribution in [3.05, 3.63) is 173 Å². The molecule has 13 N–H and O–H groups in total. The summed E-state index contributed by atoms with van der Waals surface area (Å²) in [5, 5.41) is 26.7. The van der Waals surface area contributed by atoms with Crippen LogP contribution in [0.25, 0.3) is 18.2 Å². The fourth-order valence-electron chi connectivity index (χ4n) is 10.1. The highest BCUT2D eigenvalue weighted by Crippen LogP contribution is 2.23. The van der Waals surface area contributed by atoms with Gasteiger partial charge >= 0.3 is 66.0 Å². The number of hydrogen-bond acceptors (Lipinski definition) is 23. The van der Waals surface area contributed by atoms with Gasteiger partial charge in [-0.1, -0.05) is 173 Å². The number of anilines is 6. The van der Waals surface area contributed by atoms with Crippen LogP contribution in [-0.4, -0.2) is 162 Å². The van der Waals surface area contributed by atoms with Crippen LogP contribution in [0.1, 0.15) is 202 Å². The van der Waals surface area contributed by atoms with Crippen molar-refractivity contribution in [2.75, 3.05) is 97.7 Å². The number of rotatable bonds is 40. The highest BCUT2D eigenvalue weighted by atomic mass is 16.6. The molecule has 36 nitrogen and oxygen atoms in total. The molecule has 6 rings (SSSR count). The van der Waals surface area contributed by atoms with Crippen molar-refractivity contribution in [2.24, 2.45) is 34.5 Å². The molecule has 0 aliphatic heterocycles. The summed E-state index contributed by atoms with van der Waals surface area (Å²) in [6.45, 7) is 36.7. The number of amides is 10. The smallest absolute Gasteiger partial charge is 0.345 e. The van der Waals surface area contributed by atoms with Gasteiger partial charge in [-0.2, -0.15) is 0 Å². The third-order valence-electron chi connectivity index (χ3n) is 16.4. The van der Waals surface area contributed by atoms with Crippen molar-refractivity contribution < 1.29 is 81.2 Å². The maximum Gasteiger partial charge on any atom is 0.345 e. The highest BCUT2D eigenvalue weighted by Gasteiger charge is 2.28. The van der Waals surface area contributed by atoms with Crippen LogP contribution in [0.2, 0.25) is 0 Å². The summed E-state index contributed by atoms with van der Waals surface area (Å²) in [6, 6.07) is 21.6. The van der Waals surface area contributed by atoms with E-state index in [0.29, 0.717) is 77.0 Å². The van der Waals surface area contributed by atoms with E-state index in [-0.39, 0.29) is 143 Å². The van der Waals surface area contributed by atoms with E-state index >= 15 is 0 Å². The molecule has 686 valence electrons. The molecular formula is C90H126N16O20. The summed E-state index contributed by atoms with van der Waals surface area (Å²) in [6.07, 6.45) is 10.7. The molecule has 0 unspecified atom stereocenters. The predicted molar refractivity (Wildman–Crippen MR) is 483 cm³/mol. The molecular weight excluding hydrogens is 1630 g/mol. The van der Waals surface area contributed by atoms with E-state index < -0.39 is 53.9 Å². The van der Waals surface area contributed by atoms with E-state index in [1.165, 1.54) is 36.4 Å². The van der Waals surface area contributed by atoms with Gasteiger partial charge in [-0.3, -0.25) is 45.3 Å². The minimum absolute atomic E-state index is 0.0199. The first kappa shape index (κ1) is 105. The molecule has 36 heteroatoms. The summed E-state index contributed by atoms with van der Waals surface area (Å²) in [5.74, 6) is -3.79. The number of nitrogens with one attached hydrogen (secondary N) is 13. The number of esters is 6. The Morgan fingerprint density at radius 1 is 0.333 bits per heavy atom. The molecule has 126 heavy (non-hydrogen) atoms. The van der Waals surface area contributed by atoms with Crippen LogP contribution in [-0.2, 0) is 57.2 Å². The average molecular weight is 1750 g/mol. The van der Waals surface area contributed by atoms with Gasteiger partial charge in [-0.05, 0) is 151 Å². The molecule has 0 spiro atoms. The lowest BCUT2D eigenvalue weighted by Crippen LogP contribution is -2.31. The number of aryl methyl sites for hydroxylation is 2. The van der Waals surface area contributed by atoms with Gasteiger partial charge in [0.25, 0.3) is 16.7 Å². The van der Waals surface area contributed by atoms with Crippen molar-refractivity contribution in [3.63, 3.8) is 0 Å². The highest BCUT2D eigenvalue weighted by molar-refractivity contribution is 6.19. The standard InChI is InChI=1S/C35H52N6O7.C31H44N6O7.C24H30N4O6/c1-23(2)27-20-28(42)40-31(39-27)41-33(46)37-18-12-10-9-11-17-36-32(45)38-25-15-13-24(14-16-25)19-26(29(43)47-21-34(3,4)5)30(44)48-22-35(6,7)8;1-20(2)18-43-27(39)25(28(40)44-19-21(3)4)17-23-10-12-24(13-11-23)35-30(41)32-14-8-6-7-9-15-33-31(42)37-29-34-22(5)16-26(38)36-29;1-14(2)12-33-21(30)19(22(31)34-13-15(3)4)11-17-6-8-18(9-7-17)26-24(32)28-23-25-16(5)10-20(29)27-23/h13-16,19-20,23H,9-12,17-18,21-22H2,1-8H3,(H2,36,38,45)(H3,37,39,40,41,42,46);10-13,16-17,20-21H,6-9,14-15,18-19H2,1-5H3,(H2,32,35,41)(H3,33,34,36,37,38,42);6-11,14-15H,12-13H2,1-5H3,(H3,25,26,27,28,29,32). The van der Waals surface area contributed by atoms with Crippen LogP contribution in [0, 0.1) is 48.3 Å². The van der Waals surface area contributed by atoms with Gasteiger partial charge in [0.1, 0.15) is 16.7 Å². The summed E-state index contributed by atoms with van der Waals surface area (Å²) in [4.78, 5) is 191. The number of benzene rings is 3. The lowest BCUT2D eigenvalue weighted by molar-refractivity contribution is -0.151. The van der Waals surface area contributed by atoms with Gasteiger partial charge in [-0.15, -0.1) is 0 Å². The number of carbonyl (C=O) groups is 11. The van der Waals surface area contributed by atoms with E-state index in [9.17, 15) is 67.1 Å². The summed E-state index contributed by atoms with van der Waals surface area (Å²) >= 11 is 0. The minimum atomic E-state index is -0.760. The van der Waals surface area contributed by atoms with Crippen molar-refractivity contribution in [1.82, 2.24) is 51.2 Å². The molecule has 0 saturated carbocycles. The quantitative estimate of drug-likeness (QED) is 0.00424. The Balaban J connectivity index is 0.000000402. The second kappa shape index (κ2) is 54.3. The second-order valence-electron chi connectivity index (χ2n) is 33.9. The minimum Gasteiger partial charge on any atom is -0.462 e. The van der Waals surface area contributed by atoms with E-state index in [1.54, 1.807) is 86.6 Å². The number of ether oxygens (including phenoxy) is 6. The number of urea groups is 5. The molecule has 10 amide bonds. The number of carbonyl (C=O) groups excluding carboxylic acids is 11. The zero-order chi connectivity index (χ0) is 93.6. The molecule has 3 aromatic heterocycles. The number of nitrogens with zero attached hydrogens (tertiary/aromatic N) is 3. The van der Waals surface area contributed by atoms with Gasteiger partial charge in [0.2, 0.25) is 17.8 Å². The Morgan fingerprint density at radius 3 is 0.841 bits per heavy atom. The van der Waals surface area contributed by atoms with Crippen LogP contribution >= 0.6 is 0 Å². The normalized spacial score (nSPS) is 10.9. The van der Waals surface area contributed by atoms with Gasteiger partial charge in [-0.25, -0.2) is 67.7 Å². The van der Waals surface area contributed by atoms with Gasteiger partial charge in [0.05, 0.1) is 45.3 Å². The number of aromatic amines is 3. The maximum atomic E-state index is 12.8. The first-order valence-electron chi connectivity index (χ1n) is 41.9. The van der Waals surface area contributed by atoms with E-state index in [2.05, 4.69) is 83.1 Å². The topological polar surface area (TPSA) is 501 Å². The third-order valence-corrected chi connectivity index (χ3v) is 16.4. The average Bonchev–Trinajstić information content (AvgIpc) is 0.866. The van der Waals surface area contributed by atoms with Crippen LogP contribution in [0.3, 0.4) is 0 Å². The van der Waals surface area contributed by atoms with Crippen LogP contribution in [0.4, 0.5) is 58.9 Å². The maximum absolute atomic E-state index is 12.8. The predicted octanol–water partition coefficient (Wildman–Crippen LogP) is 13.8. The van der Waals surface area contributed by atoms with Gasteiger partial charge in [0, 0.05) is 72.8 Å². The van der Waals surface area contributed by atoms with Crippen molar-refractivity contribution in [3.8, 4) is 0 Å². The zero-order valence-corrected chi connectivity index (χ0v) is 75.5. The van der Waals surface area contributed by atoms with Crippen molar-refractivity contribution in [2.45, 2.75) is 182 Å². The first-order chi connectivity index (χ1) is 59.4. The molecule has 0 atom stereocenters. The molecule has 0 fully saturated rings. The fourth-order valence-corrected chi connectivity index (χ4v) is 10.1. The number of H-pyrrole nitrogens is 3. The monoisotopic (exact) mass is 1750 g/mol. The van der Waals surface area contributed by atoms with Crippen LogP contribution in [0.5, 0.6) is 0 Å². The Hall–Kier alpha value is -13.3. The van der Waals surface area contributed by atoms with Crippen molar-refractivity contribution in [1.29, 1.82) is 0 Å². The zero-order valence-electron chi connectivity index (χ0n) is 75.5. The molecule has 0 bridgehead atoms. The molecule has 0 saturated heterocycles. The number of unbranched alkanes of at least 4 members (excludes halogenated alkanes) is 6. The molecule has 3 aromatic carbocycles. The largest absolute Gasteiger partial charge is 0.462 e. The molecule has 0 aliphatic carbocycles. The van der Waals surface area contributed by atoms with Crippen molar-refractivity contribution >= 4 is 119 Å². The fraction of sp³-hybridized carbons (Fsp3) is 0.478. The Kier molecular flexibility index (Phi) is 45.3. The second-order valence-corrected chi connectivity index (χ2v) is 33.9. The SMILES string of the molecule is CC(C)c1cc(=O)[nH]c(NC(=O)NCCCCCCNC(=O)Nc2ccc(C=C(C(=O)OCC(C)(C)C)C(=O)OCC(C)(C)C)cc2)n1.Cc1cc(=O)[nH]c(NC(=O)NCCCCCCNC(=O)Nc2ccc(C=C(C(=O)OCC(C)C)C(=O)OCC(C)C)cc2)n1.Cc1cc(=O)[nH]c(NC(=O)Nc2ccc(C=C(C(=O)OCC(C)C)C(=O)OCC(C)C)cc2)n1. The summed E-state index contributed by atoms with van der Waals surface area (Å²) in [7, 11) is 0. The lowest BCUT2D eigenvalue weighted by Gasteiger charge is -2.20. The van der Waals surface area contributed by atoms with E-state index in [1.807, 2.05) is 111 Å². The van der Waals surface area contributed by atoms with Gasteiger partial charge in [0.15, 0.2) is 0 Å². The number of hydrogen-bond donors (Lipinski definition) is 13. The molecule has 3 heterocycles. The first-order valence-corrected chi connectivity index (χ1v) is 41.9. The molecule has 0 radical (unpaired) electrons. The van der Waals surface area contributed by atoms with E-state index in [0.717, 1.165) is 51.4 Å². The molecule has 0 aliphatic rings. The Labute approximate surface area is 734 Å². The van der Waals surface area contributed by atoms with Crippen LogP contribution in [0.15, 0.2) is 122 Å². The Bertz CT molecular complexity index is 4780. The van der Waals surface area contributed by atoms with Gasteiger partial charge < -0.3 is 65.6 Å². The van der Waals surface area contributed by atoms with E-state index in [4.69, 9.17) is 28.4 Å². The molecule has 6 aromatic rings. The lowest BCUT2D eigenvalue weighted by atomic mass is 9.98. The summed E-state index contributed by atoms with van der Waals surface area (Å²) < 4.78 is 31.7. The third kappa shape index (κ3) is 45.7. The Morgan fingerprint density at radius 2 is 0.579 bits per heavy atom. The number of aromatic nitrogens is 6.